The number of unbranched alkanes of at least 4 members (excludes halogenated alkanes) is 2. The number of amides is 4. The first-order valence-electron chi connectivity index (χ1n) is 32.0. The summed E-state index contributed by atoms with van der Waals surface area (Å²) in [7, 11) is -8.28. The third-order valence-electron chi connectivity index (χ3n) is 17.6. The first-order valence-corrected chi connectivity index (χ1v) is 36.5. The SMILES string of the molecule is Cc1c(C)c(S(=O)(=O)NC(N)=NCCC[C@@H](NC(=O)Cc2c[nH]c3ccc(Br)cc23)C(=O)NCCCCCNCCNC(=O)[C@@H](CCCN=C(N)NS(=O)(=O)c2c(C)c(C)c3c(c2C)CCC(C)(C)O3)NC(=O)Cc2c[nH]c3ccc(Br)cc23)c(C)c2c1OC(C)(C)CC2. The minimum absolute atomic E-state index is 0.0135. The molecule has 94 heavy (non-hydrogen) atoms. The molecule has 6 aromatic rings. The molecule has 0 saturated carbocycles. The number of nitrogens with one attached hydrogen (secondary N) is 9. The van der Waals surface area contributed by atoms with Crippen molar-refractivity contribution in [3.63, 3.8) is 0 Å². The molecule has 0 radical (unpaired) electrons. The number of carbonyl (C=O) groups is 4. The largest absolute Gasteiger partial charge is 0.487 e. The van der Waals surface area contributed by atoms with E-state index in [0.29, 0.717) is 67.6 Å². The van der Waals surface area contributed by atoms with Crippen molar-refractivity contribution < 1.29 is 45.5 Å². The number of sulfonamides is 2. The van der Waals surface area contributed by atoms with E-state index in [0.717, 1.165) is 101 Å². The molecule has 2 aromatic heterocycles. The summed E-state index contributed by atoms with van der Waals surface area (Å²) in [6, 6.07) is 9.61. The quantitative estimate of drug-likeness (QED) is 0.0120. The summed E-state index contributed by atoms with van der Waals surface area (Å²) in [5.41, 5.74) is 20.5. The first kappa shape index (κ1) is 72.6. The zero-order valence-corrected chi connectivity index (χ0v) is 60.2. The molecule has 0 bridgehead atoms. The smallest absolute Gasteiger partial charge is 0.264 e. The van der Waals surface area contributed by atoms with Gasteiger partial charge in [0.2, 0.25) is 35.5 Å². The van der Waals surface area contributed by atoms with Crippen molar-refractivity contribution in [1.29, 1.82) is 0 Å². The minimum Gasteiger partial charge on any atom is -0.487 e. The topological polar surface area (TPSA) is 348 Å². The molecule has 4 heterocycles. The average Bonchev–Trinajstić information content (AvgIpc) is 0.997. The first-order chi connectivity index (χ1) is 44.3. The number of guanidine groups is 2. The summed E-state index contributed by atoms with van der Waals surface area (Å²) < 4.78 is 74.7. The van der Waals surface area contributed by atoms with Crippen LogP contribution in [0.25, 0.3) is 21.8 Å². The zero-order valence-electron chi connectivity index (χ0n) is 55.4. The maximum atomic E-state index is 13.9. The van der Waals surface area contributed by atoms with Gasteiger partial charge in [-0.1, -0.05) is 38.3 Å². The second-order valence-electron chi connectivity index (χ2n) is 25.8. The van der Waals surface area contributed by atoms with Crippen LogP contribution >= 0.6 is 31.9 Å². The monoisotopic (exact) mass is 1460 g/mol. The summed E-state index contributed by atoms with van der Waals surface area (Å²) in [5.74, 6) is -0.634. The fraction of sp³-hybridized carbons (Fsp3) is 0.493. The number of ether oxygens (including phenoxy) is 2. The molecule has 23 nitrogen and oxygen atoms in total. The van der Waals surface area contributed by atoms with Crippen LogP contribution in [0.2, 0.25) is 0 Å². The third-order valence-corrected chi connectivity index (χ3v) is 21.9. The van der Waals surface area contributed by atoms with Gasteiger partial charge in [-0.05, 0) is 232 Å². The number of carbonyl (C=O) groups excluding carboxylic acids is 4. The normalized spacial score (nSPS) is 15.3. The molecule has 2 atom stereocenters. The van der Waals surface area contributed by atoms with E-state index in [2.05, 4.69) is 87.8 Å². The van der Waals surface area contributed by atoms with E-state index in [1.165, 1.54) is 0 Å². The van der Waals surface area contributed by atoms with E-state index in [1.54, 1.807) is 40.1 Å². The molecule has 27 heteroatoms. The fourth-order valence-electron chi connectivity index (χ4n) is 12.3. The van der Waals surface area contributed by atoms with Crippen molar-refractivity contribution in [3.05, 3.63) is 113 Å². The number of aliphatic imine (C=N–C) groups is 2. The van der Waals surface area contributed by atoms with Crippen molar-refractivity contribution in [2.75, 3.05) is 39.3 Å². The van der Waals surface area contributed by atoms with Crippen molar-refractivity contribution in [2.24, 2.45) is 21.5 Å². The van der Waals surface area contributed by atoms with E-state index < -0.39 is 38.0 Å². The summed E-state index contributed by atoms with van der Waals surface area (Å²) in [6.07, 6.45) is 9.49. The Morgan fingerprint density at radius 2 is 0.979 bits per heavy atom. The van der Waals surface area contributed by atoms with Crippen molar-refractivity contribution in [2.45, 2.75) is 186 Å². The number of hydrogen-bond acceptors (Lipinski definition) is 13. The van der Waals surface area contributed by atoms with Crippen LogP contribution in [0.3, 0.4) is 0 Å². The standard InChI is InChI=1S/C67H91Br2N13O10S2/c1-38-40(3)60(42(5)48-22-24-66(7,8)91-58(38)48)93(87,88)81-64(70)75-28-14-16-54(79-56(83)32-44-36-77-52-20-18-46(68)34-50(44)52)62(85)73-27-13-11-12-26-72-30-31-74-63(86)55(80-57(84)33-45-37-78-53-21-19-47(69)35-51(45)53)17-15-29-76-65(71)82-94(89,90)61-41(4)39(2)59-49(43(61)6)23-25-67(9,10)92-59/h18-21,34-37,54-55,72,77-78H,11-17,22-33H2,1-10H3,(H,73,85)(H,74,86)(H,79,83)(H,80,84)(H3,70,75,81)(H3,71,76,82)/t54-,55-/m1/s1. The molecule has 0 aliphatic carbocycles. The van der Waals surface area contributed by atoms with Crippen LogP contribution in [0.15, 0.2) is 77.5 Å². The number of nitrogens with two attached hydrogens (primary N) is 2. The summed E-state index contributed by atoms with van der Waals surface area (Å²) in [6.45, 7) is 20.6. The van der Waals surface area contributed by atoms with Gasteiger partial charge in [0.15, 0.2) is 0 Å². The fourth-order valence-corrected chi connectivity index (χ4v) is 16.1. The molecule has 2 aliphatic rings. The highest BCUT2D eigenvalue weighted by Crippen LogP contribution is 2.44. The molecule has 0 fully saturated rings. The van der Waals surface area contributed by atoms with Crippen LogP contribution in [0.5, 0.6) is 11.5 Å². The molecule has 0 spiro atoms. The number of aromatic nitrogens is 2. The molecule has 0 saturated heterocycles. The molecule has 510 valence electrons. The molecule has 2 aliphatic heterocycles. The number of aromatic amines is 2. The number of fused-ring (bicyclic) bond motifs is 4. The molecular formula is C67H91Br2N13O10S2. The van der Waals surface area contributed by atoms with E-state index in [-0.39, 0.29) is 102 Å². The summed E-state index contributed by atoms with van der Waals surface area (Å²) in [4.78, 5) is 70.0. The van der Waals surface area contributed by atoms with Gasteiger partial charge >= 0.3 is 0 Å². The highest BCUT2D eigenvalue weighted by molar-refractivity contribution is 9.10. The van der Waals surface area contributed by atoms with E-state index in [9.17, 15) is 36.0 Å². The molecule has 0 unspecified atom stereocenters. The van der Waals surface area contributed by atoms with Crippen LogP contribution in [0.4, 0.5) is 0 Å². The lowest BCUT2D eigenvalue weighted by molar-refractivity contribution is -0.128. The molecule has 4 amide bonds. The Morgan fingerprint density at radius 1 is 0.564 bits per heavy atom. The highest BCUT2D eigenvalue weighted by Gasteiger charge is 2.36. The Morgan fingerprint density at radius 3 is 1.41 bits per heavy atom. The van der Waals surface area contributed by atoms with E-state index in [1.807, 2.05) is 77.9 Å². The van der Waals surface area contributed by atoms with Crippen molar-refractivity contribution >= 4 is 109 Å². The number of nitrogens with zero attached hydrogens (tertiary/aromatic N) is 2. The van der Waals surface area contributed by atoms with Gasteiger partial charge in [0.1, 0.15) is 34.8 Å². The van der Waals surface area contributed by atoms with Gasteiger partial charge < -0.3 is 57.5 Å². The zero-order chi connectivity index (χ0) is 68.5. The van der Waals surface area contributed by atoms with E-state index in [4.69, 9.17) is 20.9 Å². The van der Waals surface area contributed by atoms with Gasteiger partial charge in [0, 0.05) is 75.9 Å². The lowest BCUT2D eigenvalue weighted by Crippen LogP contribution is -2.48. The Hall–Kier alpha value is -7.20. The number of benzene rings is 4. The maximum Gasteiger partial charge on any atom is 0.264 e. The third kappa shape index (κ3) is 18.4. The van der Waals surface area contributed by atoms with Crippen LogP contribution in [0, 0.1) is 41.5 Å². The summed E-state index contributed by atoms with van der Waals surface area (Å²) in [5, 5.41) is 16.8. The Bertz CT molecular complexity index is 3860. The summed E-state index contributed by atoms with van der Waals surface area (Å²) >= 11 is 7.01. The van der Waals surface area contributed by atoms with Gasteiger partial charge in [0.05, 0.1) is 22.6 Å². The van der Waals surface area contributed by atoms with Gasteiger partial charge in [-0.15, -0.1) is 0 Å². The van der Waals surface area contributed by atoms with Gasteiger partial charge in [-0.25, -0.2) is 26.3 Å². The number of hydrogen-bond donors (Lipinski definition) is 11. The second-order valence-corrected chi connectivity index (χ2v) is 30.8. The second kappa shape index (κ2) is 31.1. The van der Waals surface area contributed by atoms with Crippen LogP contribution < -0.4 is 57.0 Å². The van der Waals surface area contributed by atoms with Gasteiger partial charge in [-0.2, -0.15) is 0 Å². The molecule has 4 aromatic carbocycles. The van der Waals surface area contributed by atoms with Gasteiger partial charge in [-0.3, -0.25) is 29.2 Å². The van der Waals surface area contributed by atoms with Crippen molar-refractivity contribution in [1.82, 2.24) is 46.0 Å². The van der Waals surface area contributed by atoms with Gasteiger partial charge in [0.25, 0.3) is 20.0 Å². The van der Waals surface area contributed by atoms with Crippen molar-refractivity contribution in [3.8, 4) is 11.5 Å². The number of halogens is 2. The molecular weight excluding hydrogens is 1370 g/mol. The predicted octanol–water partition coefficient (Wildman–Crippen LogP) is 8.13. The Labute approximate surface area is 568 Å². The average molecular weight is 1460 g/mol. The van der Waals surface area contributed by atoms with Crippen LogP contribution in [-0.2, 0) is 64.9 Å². The molecule has 8 rings (SSSR count). The predicted molar refractivity (Wildman–Crippen MR) is 375 cm³/mol. The minimum atomic E-state index is -4.14. The van der Waals surface area contributed by atoms with Crippen LogP contribution in [0.1, 0.15) is 141 Å². The van der Waals surface area contributed by atoms with Crippen LogP contribution in [-0.4, -0.2) is 125 Å². The lowest BCUT2D eigenvalue weighted by Gasteiger charge is -2.35. The van der Waals surface area contributed by atoms with E-state index >= 15 is 0 Å². The lowest BCUT2D eigenvalue weighted by atomic mass is 9.88. The maximum absolute atomic E-state index is 13.9. The molecule has 13 N–H and O–H groups in total. The number of rotatable bonds is 29. The Balaban J connectivity index is 0.804. The number of H-pyrrole nitrogens is 2. The highest BCUT2D eigenvalue weighted by atomic mass is 79.9. The Kier molecular flexibility index (Phi) is 24.0.